The lowest BCUT2D eigenvalue weighted by atomic mass is 10.1. The Hall–Kier alpha value is -2.30. The van der Waals surface area contributed by atoms with Crippen molar-refractivity contribution >= 4 is 11.7 Å². The number of nitrogen functional groups attached to an aromatic ring is 1. The molecule has 0 saturated heterocycles. The van der Waals surface area contributed by atoms with E-state index in [1.165, 1.54) is 7.11 Å². The van der Waals surface area contributed by atoms with Gasteiger partial charge in [0.15, 0.2) is 0 Å². The molecule has 2 N–H and O–H groups in total. The normalized spacial score (nSPS) is 10.1. The van der Waals surface area contributed by atoms with Crippen molar-refractivity contribution in [3.8, 4) is 5.69 Å². The minimum atomic E-state index is -0.435. The highest BCUT2D eigenvalue weighted by Crippen LogP contribution is 2.17. The summed E-state index contributed by atoms with van der Waals surface area (Å²) in [5.74, 6) is -0.435. The van der Waals surface area contributed by atoms with E-state index in [9.17, 15) is 4.79 Å². The van der Waals surface area contributed by atoms with Crippen LogP contribution in [-0.4, -0.2) is 22.6 Å². The number of esters is 1. The summed E-state index contributed by atoms with van der Waals surface area (Å²) in [5, 5.41) is 0. The zero-order chi connectivity index (χ0) is 11.5. The molecule has 1 heterocycles. The van der Waals surface area contributed by atoms with Gasteiger partial charge in [0.1, 0.15) is 0 Å². The summed E-state index contributed by atoms with van der Waals surface area (Å²) in [4.78, 5) is 15.2. The van der Waals surface area contributed by atoms with E-state index in [1.54, 1.807) is 41.5 Å². The molecule has 0 amide bonds. The minimum absolute atomic E-state index is 0.367. The molecule has 0 fully saturated rings. The van der Waals surface area contributed by atoms with Crippen LogP contribution in [0.3, 0.4) is 0 Å². The topological polar surface area (TPSA) is 70.1 Å². The zero-order valence-corrected chi connectivity index (χ0v) is 8.75. The molecule has 5 heteroatoms. The van der Waals surface area contributed by atoms with E-state index in [-0.39, 0.29) is 0 Å². The molecule has 2 aromatic rings. The quantitative estimate of drug-likeness (QED) is 0.607. The second-order valence-electron chi connectivity index (χ2n) is 3.23. The Labute approximate surface area is 92.5 Å². The van der Waals surface area contributed by atoms with Gasteiger partial charge in [-0.15, -0.1) is 0 Å². The van der Waals surface area contributed by atoms with Crippen LogP contribution in [0.5, 0.6) is 0 Å². The number of carbonyl (C=O) groups is 1. The van der Waals surface area contributed by atoms with Gasteiger partial charge in [-0.2, -0.15) is 0 Å². The van der Waals surface area contributed by atoms with Gasteiger partial charge in [0, 0.05) is 23.8 Å². The van der Waals surface area contributed by atoms with E-state index in [0.717, 1.165) is 5.69 Å². The van der Waals surface area contributed by atoms with Gasteiger partial charge >= 0.3 is 5.97 Å². The highest BCUT2D eigenvalue weighted by atomic mass is 16.5. The summed E-state index contributed by atoms with van der Waals surface area (Å²) in [6.45, 7) is 0. The Morgan fingerprint density at radius 3 is 2.88 bits per heavy atom. The van der Waals surface area contributed by atoms with Crippen molar-refractivity contribution in [2.75, 3.05) is 12.8 Å². The molecule has 0 atom stereocenters. The Kier molecular flexibility index (Phi) is 2.59. The number of rotatable bonds is 2. The highest BCUT2D eigenvalue weighted by molar-refractivity contribution is 5.95. The summed E-state index contributed by atoms with van der Waals surface area (Å²) in [5.41, 5.74) is 7.37. The number of hydrogen-bond acceptors (Lipinski definition) is 4. The van der Waals surface area contributed by atoms with Gasteiger partial charge in [0.05, 0.1) is 19.0 Å². The Bertz CT molecular complexity index is 506. The number of methoxy groups -OCH3 is 1. The summed E-state index contributed by atoms with van der Waals surface area (Å²) < 4.78 is 6.41. The van der Waals surface area contributed by atoms with Crippen molar-refractivity contribution in [3.63, 3.8) is 0 Å². The average molecular weight is 217 g/mol. The van der Waals surface area contributed by atoms with Gasteiger partial charge in [0.2, 0.25) is 0 Å². The van der Waals surface area contributed by atoms with Gasteiger partial charge in [-0.05, 0) is 18.2 Å². The fourth-order valence-corrected chi connectivity index (χ4v) is 1.42. The first-order valence-corrected chi connectivity index (χ1v) is 4.68. The SMILES string of the molecule is COC(=O)c1ccc(-n2ccnc2)cc1N. The molecule has 0 spiro atoms. The molecular formula is C11H11N3O2. The van der Waals surface area contributed by atoms with Crippen LogP contribution in [0.2, 0.25) is 0 Å². The summed E-state index contributed by atoms with van der Waals surface area (Å²) >= 11 is 0. The molecule has 0 bridgehead atoms. The third-order valence-corrected chi connectivity index (χ3v) is 2.24. The monoisotopic (exact) mass is 217 g/mol. The van der Waals surface area contributed by atoms with Gasteiger partial charge in [-0.25, -0.2) is 9.78 Å². The molecule has 0 aliphatic rings. The van der Waals surface area contributed by atoms with Crippen LogP contribution in [0, 0.1) is 0 Å². The summed E-state index contributed by atoms with van der Waals surface area (Å²) in [6.07, 6.45) is 5.13. The number of ether oxygens (including phenoxy) is 1. The van der Waals surface area contributed by atoms with Gasteiger partial charge in [0.25, 0.3) is 0 Å². The van der Waals surface area contributed by atoms with Crippen molar-refractivity contribution < 1.29 is 9.53 Å². The number of nitrogens with two attached hydrogens (primary N) is 1. The summed E-state index contributed by atoms with van der Waals surface area (Å²) in [6, 6.07) is 5.12. The first-order valence-electron chi connectivity index (χ1n) is 4.68. The van der Waals surface area contributed by atoms with Crippen LogP contribution in [0.4, 0.5) is 5.69 Å². The van der Waals surface area contributed by atoms with Crippen LogP contribution in [0.25, 0.3) is 5.69 Å². The van der Waals surface area contributed by atoms with Crippen molar-refractivity contribution in [1.29, 1.82) is 0 Å². The minimum Gasteiger partial charge on any atom is -0.465 e. The lowest BCUT2D eigenvalue weighted by molar-refractivity contribution is 0.0602. The number of hydrogen-bond donors (Lipinski definition) is 1. The van der Waals surface area contributed by atoms with Crippen molar-refractivity contribution in [1.82, 2.24) is 9.55 Å². The molecule has 0 aliphatic heterocycles. The van der Waals surface area contributed by atoms with Gasteiger partial charge in [-0.3, -0.25) is 0 Å². The van der Waals surface area contributed by atoms with E-state index in [2.05, 4.69) is 9.72 Å². The predicted octanol–water partition coefficient (Wildman–Crippen LogP) is 1.24. The maximum absolute atomic E-state index is 11.3. The van der Waals surface area contributed by atoms with Crippen LogP contribution >= 0.6 is 0 Å². The maximum atomic E-state index is 11.3. The molecule has 1 aromatic carbocycles. The van der Waals surface area contributed by atoms with Crippen LogP contribution in [0.1, 0.15) is 10.4 Å². The second kappa shape index (κ2) is 4.06. The van der Waals surface area contributed by atoms with Crippen molar-refractivity contribution in [2.45, 2.75) is 0 Å². The molecule has 0 unspecified atom stereocenters. The standard InChI is InChI=1S/C11H11N3O2/c1-16-11(15)9-3-2-8(6-10(9)12)14-5-4-13-7-14/h2-7H,12H2,1H3. The smallest absolute Gasteiger partial charge is 0.339 e. The number of imidazole rings is 1. The Balaban J connectivity index is 2.41. The summed E-state index contributed by atoms with van der Waals surface area (Å²) in [7, 11) is 1.32. The largest absolute Gasteiger partial charge is 0.465 e. The third kappa shape index (κ3) is 1.75. The number of anilines is 1. The Morgan fingerprint density at radius 1 is 1.50 bits per heavy atom. The molecule has 2 rings (SSSR count). The number of nitrogens with zero attached hydrogens (tertiary/aromatic N) is 2. The predicted molar refractivity (Wildman–Crippen MR) is 59.3 cm³/mol. The molecule has 82 valence electrons. The maximum Gasteiger partial charge on any atom is 0.339 e. The van der Waals surface area contributed by atoms with E-state index in [1.807, 2.05) is 0 Å². The van der Waals surface area contributed by atoms with Gasteiger partial charge in [-0.1, -0.05) is 0 Å². The van der Waals surface area contributed by atoms with Crippen LogP contribution in [0.15, 0.2) is 36.9 Å². The number of benzene rings is 1. The first-order chi connectivity index (χ1) is 7.72. The Morgan fingerprint density at radius 2 is 2.31 bits per heavy atom. The highest BCUT2D eigenvalue weighted by Gasteiger charge is 2.10. The van der Waals surface area contributed by atoms with Gasteiger partial charge < -0.3 is 15.0 Å². The molecular weight excluding hydrogens is 206 g/mol. The van der Waals surface area contributed by atoms with Crippen molar-refractivity contribution in [2.24, 2.45) is 0 Å². The van der Waals surface area contributed by atoms with E-state index < -0.39 is 5.97 Å². The fourth-order valence-electron chi connectivity index (χ4n) is 1.42. The molecule has 0 aliphatic carbocycles. The lowest BCUT2D eigenvalue weighted by Crippen LogP contribution is -2.06. The van der Waals surface area contributed by atoms with Crippen molar-refractivity contribution in [3.05, 3.63) is 42.5 Å². The third-order valence-electron chi connectivity index (χ3n) is 2.24. The molecule has 0 saturated carbocycles. The number of aromatic nitrogens is 2. The van der Waals surface area contributed by atoms with Crippen LogP contribution < -0.4 is 5.73 Å². The molecule has 16 heavy (non-hydrogen) atoms. The van der Waals surface area contributed by atoms with E-state index in [4.69, 9.17) is 5.73 Å². The van der Waals surface area contributed by atoms with E-state index in [0.29, 0.717) is 11.3 Å². The first kappa shape index (κ1) is 10.2. The van der Waals surface area contributed by atoms with E-state index >= 15 is 0 Å². The molecule has 5 nitrogen and oxygen atoms in total. The second-order valence-corrected chi connectivity index (χ2v) is 3.23. The van der Waals surface area contributed by atoms with Crippen LogP contribution in [-0.2, 0) is 4.74 Å². The average Bonchev–Trinajstić information content (AvgIpc) is 2.81. The molecule has 0 radical (unpaired) electrons. The lowest BCUT2D eigenvalue weighted by Gasteiger charge is -2.07. The molecule has 1 aromatic heterocycles. The fraction of sp³-hybridized carbons (Fsp3) is 0.0909. The zero-order valence-electron chi connectivity index (χ0n) is 8.75. The number of carbonyl (C=O) groups excluding carboxylic acids is 1.